The number of rotatable bonds is 7. The quantitative estimate of drug-likeness (QED) is 0.719. The Balaban J connectivity index is 2.35. The molecule has 0 radical (unpaired) electrons. The first-order chi connectivity index (χ1) is 9.31. The van der Waals surface area contributed by atoms with Gasteiger partial charge in [-0.05, 0) is 26.2 Å². The van der Waals surface area contributed by atoms with Crippen LogP contribution < -0.4 is 10.6 Å². The Morgan fingerprint density at radius 3 is 2.75 bits per heavy atom. The molecule has 6 nitrogen and oxygen atoms in total. The number of carboxylic acid groups (broad SMARTS) is 1. The average molecular weight is 299 g/mol. The van der Waals surface area contributed by atoms with Gasteiger partial charge >= 0.3 is 12.0 Å². The first-order valence-electron chi connectivity index (χ1n) is 6.49. The van der Waals surface area contributed by atoms with Crippen LogP contribution in [0.25, 0.3) is 0 Å². The van der Waals surface area contributed by atoms with Crippen LogP contribution in [0.15, 0.2) is 11.6 Å². The number of carbonyl (C=O) groups excluding carboxylic acids is 1. The van der Waals surface area contributed by atoms with E-state index < -0.39 is 11.5 Å². The number of hydrogen-bond acceptors (Lipinski definition) is 4. The molecule has 1 unspecified atom stereocenters. The molecule has 0 saturated heterocycles. The van der Waals surface area contributed by atoms with E-state index in [4.69, 9.17) is 5.11 Å². The highest BCUT2D eigenvalue weighted by Gasteiger charge is 2.25. The van der Waals surface area contributed by atoms with E-state index >= 15 is 0 Å². The highest BCUT2D eigenvalue weighted by Crippen LogP contribution is 2.21. The summed E-state index contributed by atoms with van der Waals surface area (Å²) in [5.41, 5.74) is -0.525. The van der Waals surface area contributed by atoms with E-state index in [9.17, 15) is 9.59 Å². The molecule has 2 amide bonds. The van der Waals surface area contributed by atoms with Gasteiger partial charge in [0, 0.05) is 24.5 Å². The Morgan fingerprint density at radius 1 is 1.50 bits per heavy atom. The number of urea groups is 1. The fraction of sp³-hybridized carbons (Fsp3) is 0.615. The van der Waals surface area contributed by atoms with Crippen LogP contribution in [0.2, 0.25) is 0 Å². The lowest BCUT2D eigenvalue weighted by Gasteiger charge is -2.24. The van der Waals surface area contributed by atoms with Crippen molar-refractivity contribution in [1.82, 2.24) is 15.6 Å². The molecule has 0 aliphatic carbocycles. The van der Waals surface area contributed by atoms with Crippen LogP contribution in [0.4, 0.5) is 4.79 Å². The number of carboxylic acids is 1. The molecule has 3 N–H and O–H groups in total. The zero-order valence-electron chi connectivity index (χ0n) is 12.0. The minimum atomic E-state index is -0.814. The molecule has 1 atom stereocenters. The second-order valence-electron chi connectivity index (χ2n) is 5.33. The minimum Gasteiger partial charge on any atom is -0.481 e. The largest absolute Gasteiger partial charge is 0.481 e. The van der Waals surface area contributed by atoms with Gasteiger partial charge in [-0.1, -0.05) is 6.92 Å². The van der Waals surface area contributed by atoms with Gasteiger partial charge in [0.05, 0.1) is 5.54 Å². The monoisotopic (exact) mass is 299 g/mol. The van der Waals surface area contributed by atoms with Gasteiger partial charge < -0.3 is 15.7 Å². The van der Waals surface area contributed by atoms with Crippen LogP contribution in [0.1, 0.15) is 38.6 Å². The SMILES string of the molecule is CC(CCC(=O)O)CNC(=O)NC(C)(C)c1nccs1. The van der Waals surface area contributed by atoms with E-state index in [-0.39, 0.29) is 18.4 Å². The molecular formula is C13H21N3O3S. The summed E-state index contributed by atoms with van der Waals surface area (Å²) in [4.78, 5) is 26.5. The van der Waals surface area contributed by atoms with E-state index in [2.05, 4.69) is 15.6 Å². The maximum absolute atomic E-state index is 11.8. The van der Waals surface area contributed by atoms with E-state index in [1.165, 1.54) is 11.3 Å². The molecule has 112 valence electrons. The third kappa shape index (κ3) is 5.56. The van der Waals surface area contributed by atoms with E-state index in [0.717, 1.165) is 5.01 Å². The van der Waals surface area contributed by atoms with Crippen molar-refractivity contribution in [3.63, 3.8) is 0 Å². The Morgan fingerprint density at radius 2 is 2.20 bits per heavy atom. The van der Waals surface area contributed by atoms with Gasteiger partial charge in [-0.25, -0.2) is 9.78 Å². The van der Waals surface area contributed by atoms with Gasteiger partial charge in [0.2, 0.25) is 0 Å². The minimum absolute atomic E-state index is 0.120. The fourth-order valence-corrected chi connectivity index (χ4v) is 2.37. The molecule has 1 aromatic heterocycles. The summed E-state index contributed by atoms with van der Waals surface area (Å²) in [5, 5.41) is 16.9. The van der Waals surface area contributed by atoms with Crippen LogP contribution in [0.5, 0.6) is 0 Å². The molecule has 0 saturated carbocycles. The lowest BCUT2D eigenvalue weighted by molar-refractivity contribution is -0.137. The summed E-state index contributed by atoms with van der Waals surface area (Å²) in [6, 6.07) is -0.271. The molecule has 0 aliphatic heterocycles. The third-order valence-corrected chi connectivity index (χ3v) is 3.95. The number of thiazole rings is 1. The summed E-state index contributed by atoms with van der Waals surface area (Å²) in [5.74, 6) is -0.689. The second kappa shape index (κ2) is 7.23. The number of nitrogens with one attached hydrogen (secondary N) is 2. The molecule has 0 fully saturated rings. The fourth-order valence-electron chi connectivity index (χ4n) is 1.65. The smallest absolute Gasteiger partial charge is 0.315 e. The van der Waals surface area contributed by atoms with Gasteiger partial charge in [-0.3, -0.25) is 4.79 Å². The normalized spacial score (nSPS) is 12.8. The Hall–Kier alpha value is -1.63. The highest BCUT2D eigenvalue weighted by atomic mass is 32.1. The van der Waals surface area contributed by atoms with Crippen LogP contribution in [0.3, 0.4) is 0 Å². The van der Waals surface area contributed by atoms with E-state index in [1.807, 2.05) is 26.2 Å². The topological polar surface area (TPSA) is 91.3 Å². The average Bonchev–Trinajstić information content (AvgIpc) is 2.87. The van der Waals surface area contributed by atoms with Crippen LogP contribution in [0, 0.1) is 5.92 Å². The van der Waals surface area contributed by atoms with Crippen LogP contribution in [-0.4, -0.2) is 28.6 Å². The van der Waals surface area contributed by atoms with Crippen LogP contribution >= 0.6 is 11.3 Å². The van der Waals surface area contributed by atoms with Crippen molar-refractivity contribution in [1.29, 1.82) is 0 Å². The molecule has 0 spiro atoms. The molecule has 0 aliphatic rings. The van der Waals surface area contributed by atoms with Crippen molar-refractivity contribution in [3.8, 4) is 0 Å². The number of nitrogens with zero attached hydrogens (tertiary/aromatic N) is 1. The number of amides is 2. The predicted octanol–water partition coefficient (Wildman–Crippen LogP) is 2.18. The molecular weight excluding hydrogens is 278 g/mol. The lowest BCUT2D eigenvalue weighted by Crippen LogP contribution is -2.47. The molecule has 1 aromatic rings. The van der Waals surface area contributed by atoms with Crippen molar-refractivity contribution < 1.29 is 14.7 Å². The second-order valence-corrected chi connectivity index (χ2v) is 6.23. The summed E-state index contributed by atoms with van der Waals surface area (Å²) in [6.07, 6.45) is 2.37. The Labute approximate surface area is 122 Å². The summed E-state index contributed by atoms with van der Waals surface area (Å²) >= 11 is 1.49. The summed E-state index contributed by atoms with van der Waals surface area (Å²) in [6.45, 7) is 6.14. The third-order valence-electron chi connectivity index (χ3n) is 2.86. The van der Waals surface area contributed by atoms with Crippen molar-refractivity contribution in [2.24, 2.45) is 5.92 Å². The van der Waals surface area contributed by atoms with Gasteiger partial charge in [-0.15, -0.1) is 11.3 Å². The highest BCUT2D eigenvalue weighted by molar-refractivity contribution is 7.09. The number of hydrogen-bond donors (Lipinski definition) is 3. The molecule has 1 rings (SSSR count). The predicted molar refractivity (Wildman–Crippen MR) is 77.7 cm³/mol. The Bertz CT molecular complexity index is 446. The van der Waals surface area contributed by atoms with Crippen LogP contribution in [-0.2, 0) is 10.3 Å². The molecule has 0 aromatic carbocycles. The number of aromatic nitrogens is 1. The molecule has 0 bridgehead atoms. The maximum atomic E-state index is 11.8. The van der Waals surface area contributed by atoms with E-state index in [0.29, 0.717) is 13.0 Å². The summed E-state index contributed by atoms with van der Waals surface area (Å²) < 4.78 is 0. The maximum Gasteiger partial charge on any atom is 0.315 e. The lowest BCUT2D eigenvalue weighted by atomic mass is 10.1. The van der Waals surface area contributed by atoms with Gasteiger partial charge in [0.1, 0.15) is 5.01 Å². The first-order valence-corrected chi connectivity index (χ1v) is 7.37. The van der Waals surface area contributed by atoms with Crippen molar-refractivity contribution in [2.45, 2.75) is 39.2 Å². The first kappa shape index (κ1) is 16.4. The van der Waals surface area contributed by atoms with Crippen molar-refractivity contribution in [2.75, 3.05) is 6.54 Å². The van der Waals surface area contributed by atoms with Crippen molar-refractivity contribution >= 4 is 23.3 Å². The number of carbonyl (C=O) groups is 2. The van der Waals surface area contributed by atoms with Gasteiger partial charge in [0.25, 0.3) is 0 Å². The zero-order valence-corrected chi connectivity index (χ0v) is 12.8. The molecule has 1 heterocycles. The van der Waals surface area contributed by atoms with Gasteiger partial charge in [-0.2, -0.15) is 0 Å². The standard InChI is InChI=1S/C13H21N3O3S/c1-9(4-5-10(17)18)8-15-12(19)16-13(2,3)11-14-6-7-20-11/h6-7,9H,4-5,8H2,1-3H3,(H,17,18)(H2,15,16,19). The molecule has 20 heavy (non-hydrogen) atoms. The van der Waals surface area contributed by atoms with Gasteiger partial charge in [0.15, 0.2) is 0 Å². The Kier molecular flexibility index (Phi) is 5.94. The summed E-state index contributed by atoms with van der Waals surface area (Å²) in [7, 11) is 0. The van der Waals surface area contributed by atoms with Crippen molar-refractivity contribution in [3.05, 3.63) is 16.6 Å². The number of aliphatic carboxylic acids is 1. The zero-order chi connectivity index (χ0) is 15.2. The van der Waals surface area contributed by atoms with E-state index in [1.54, 1.807) is 6.20 Å². The molecule has 7 heteroatoms.